The first-order chi connectivity index (χ1) is 11.2. The van der Waals surface area contributed by atoms with Gasteiger partial charge < -0.3 is 9.15 Å². The molecule has 0 N–H and O–H groups in total. The molecule has 2 aromatic rings. The number of fused-ring (bicyclic) bond motifs is 3. The molecule has 0 amide bonds. The summed E-state index contributed by atoms with van der Waals surface area (Å²) in [5.41, 5.74) is 3.85. The number of hydrogen-bond acceptors (Lipinski definition) is 3. The van der Waals surface area contributed by atoms with Crippen molar-refractivity contribution in [2.24, 2.45) is 0 Å². The number of rotatable bonds is 7. The fraction of sp³-hybridized carbons (Fsp3) is 0.550. The first-order valence-corrected chi connectivity index (χ1v) is 8.98. The molecule has 1 heterocycles. The van der Waals surface area contributed by atoms with Crippen LogP contribution in [0.2, 0.25) is 0 Å². The normalized spacial score (nSPS) is 13.5. The minimum atomic E-state index is -0.164. The third kappa shape index (κ3) is 3.29. The Morgan fingerprint density at radius 2 is 1.91 bits per heavy atom. The Morgan fingerprint density at radius 3 is 2.70 bits per heavy atom. The smallest absolute Gasteiger partial charge is 0.339 e. The average Bonchev–Trinajstić information content (AvgIpc) is 3.03. The van der Waals surface area contributed by atoms with Crippen LogP contribution in [0.5, 0.6) is 5.75 Å². The van der Waals surface area contributed by atoms with Crippen molar-refractivity contribution in [1.82, 2.24) is 0 Å². The standard InChI is InChI=1S/C20H26O3/c1-3-5-6-7-9-14-12-17-15-10-8-11-16(15)20(21)23-19(17)13-18(14)22-4-2/h12-13H,3-11H2,1-2H3. The highest BCUT2D eigenvalue weighted by Gasteiger charge is 2.21. The zero-order valence-corrected chi connectivity index (χ0v) is 14.2. The molecule has 3 nitrogen and oxygen atoms in total. The fourth-order valence-corrected chi connectivity index (χ4v) is 3.58. The van der Waals surface area contributed by atoms with Gasteiger partial charge in [0.2, 0.25) is 0 Å². The van der Waals surface area contributed by atoms with Gasteiger partial charge >= 0.3 is 5.63 Å². The highest BCUT2D eigenvalue weighted by molar-refractivity contribution is 5.84. The molecule has 0 atom stereocenters. The van der Waals surface area contributed by atoms with Crippen molar-refractivity contribution in [2.45, 2.75) is 65.2 Å². The number of benzene rings is 1. The van der Waals surface area contributed by atoms with Crippen LogP contribution >= 0.6 is 0 Å². The van der Waals surface area contributed by atoms with Crippen molar-refractivity contribution < 1.29 is 9.15 Å². The van der Waals surface area contributed by atoms with E-state index in [9.17, 15) is 4.79 Å². The van der Waals surface area contributed by atoms with E-state index in [2.05, 4.69) is 13.0 Å². The third-order valence-corrected chi connectivity index (χ3v) is 4.75. The molecule has 0 radical (unpaired) electrons. The van der Waals surface area contributed by atoms with Crippen LogP contribution in [0.15, 0.2) is 21.3 Å². The minimum Gasteiger partial charge on any atom is -0.493 e. The maximum absolute atomic E-state index is 12.1. The second-order valence-corrected chi connectivity index (χ2v) is 6.40. The average molecular weight is 314 g/mol. The van der Waals surface area contributed by atoms with E-state index < -0.39 is 0 Å². The summed E-state index contributed by atoms with van der Waals surface area (Å²) < 4.78 is 11.4. The lowest BCUT2D eigenvalue weighted by Crippen LogP contribution is -2.07. The lowest BCUT2D eigenvalue weighted by atomic mass is 10.00. The zero-order chi connectivity index (χ0) is 16.2. The number of aryl methyl sites for hydroxylation is 2. The molecule has 0 saturated heterocycles. The Morgan fingerprint density at radius 1 is 1.09 bits per heavy atom. The molecule has 0 aliphatic heterocycles. The maximum Gasteiger partial charge on any atom is 0.339 e. The largest absolute Gasteiger partial charge is 0.493 e. The van der Waals surface area contributed by atoms with Gasteiger partial charge in [-0.05, 0) is 56.2 Å². The number of hydrogen-bond donors (Lipinski definition) is 0. The van der Waals surface area contributed by atoms with E-state index in [4.69, 9.17) is 9.15 Å². The SMILES string of the molecule is CCCCCCc1cc2c3c(c(=O)oc2cc1OCC)CCC3. The van der Waals surface area contributed by atoms with E-state index in [0.29, 0.717) is 12.2 Å². The summed E-state index contributed by atoms with van der Waals surface area (Å²) in [5, 5.41) is 1.12. The molecule has 1 aliphatic rings. The Hall–Kier alpha value is -1.77. The molecular weight excluding hydrogens is 288 g/mol. The van der Waals surface area contributed by atoms with E-state index in [1.165, 1.54) is 36.8 Å². The first-order valence-electron chi connectivity index (χ1n) is 8.98. The van der Waals surface area contributed by atoms with Crippen LogP contribution in [0, 0.1) is 0 Å². The molecule has 1 aromatic heterocycles. The summed E-state index contributed by atoms with van der Waals surface area (Å²) in [6.07, 6.45) is 8.88. The second kappa shape index (κ2) is 7.20. The maximum atomic E-state index is 12.1. The van der Waals surface area contributed by atoms with Gasteiger partial charge in [-0.15, -0.1) is 0 Å². The first kappa shape index (κ1) is 16.1. The minimum absolute atomic E-state index is 0.164. The van der Waals surface area contributed by atoms with Crippen molar-refractivity contribution in [3.63, 3.8) is 0 Å². The number of unbranched alkanes of at least 4 members (excludes halogenated alkanes) is 3. The Bertz CT molecular complexity index is 743. The third-order valence-electron chi connectivity index (χ3n) is 4.75. The molecule has 0 unspecified atom stereocenters. The van der Waals surface area contributed by atoms with Gasteiger partial charge in [-0.3, -0.25) is 0 Å². The van der Waals surface area contributed by atoms with Crippen LogP contribution in [0.4, 0.5) is 0 Å². The topological polar surface area (TPSA) is 39.4 Å². The molecule has 1 aromatic carbocycles. The molecule has 23 heavy (non-hydrogen) atoms. The van der Waals surface area contributed by atoms with Gasteiger partial charge in [-0.25, -0.2) is 4.79 Å². The van der Waals surface area contributed by atoms with E-state index in [1.807, 2.05) is 13.0 Å². The summed E-state index contributed by atoms with van der Waals surface area (Å²) in [5.74, 6) is 0.873. The van der Waals surface area contributed by atoms with Crippen LogP contribution in [0.25, 0.3) is 11.0 Å². The molecule has 0 saturated carbocycles. The predicted octanol–water partition coefficient (Wildman–Crippen LogP) is 4.80. The monoisotopic (exact) mass is 314 g/mol. The van der Waals surface area contributed by atoms with Crippen LogP contribution < -0.4 is 10.4 Å². The highest BCUT2D eigenvalue weighted by atomic mass is 16.5. The lowest BCUT2D eigenvalue weighted by molar-refractivity contribution is 0.336. The van der Waals surface area contributed by atoms with E-state index in [-0.39, 0.29) is 5.63 Å². The van der Waals surface area contributed by atoms with Gasteiger partial charge in [-0.2, -0.15) is 0 Å². The van der Waals surface area contributed by atoms with Gasteiger partial charge in [0.25, 0.3) is 0 Å². The van der Waals surface area contributed by atoms with Crippen LogP contribution in [0.1, 0.15) is 62.6 Å². The Kier molecular flexibility index (Phi) is 5.04. The van der Waals surface area contributed by atoms with Crippen LogP contribution in [-0.4, -0.2) is 6.61 Å². The van der Waals surface area contributed by atoms with Crippen molar-refractivity contribution in [3.8, 4) is 5.75 Å². The van der Waals surface area contributed by atoms with E-state index >= 15 is 0 Å². The summed E-state index contributed by atoms with van der Waals surface area (Å²) >= 11 is 0. The van der Waals surface area contributed by atoms with Crippen LogP contribution in [-0.2, 0) is 19.3 Å². The second-order valence-electron chi connectivity index (χ2n) is 6.40. The fourth-order valence-electron chi connectivity index (χ4n) is 3.58. The number of ether oxygens (including phenoxy) is 1. The van der Waals surface area contributed by atoms with Crippen molar-refractivity contribution >= 4 is 11.0 Å². The summed E-state index contributed by atoms with van der Waals surface area (Å²) in [6, 6.07) is 4.13. The predicted molar refractivity (Wildman–Crippen MR) is 93.5 cm³/mol. The molecule has 3 rings (SSSR count). The van der Waals surface area contributed by atoms with E-state index in [0.717, 1.165) is 42.4 Å². The summed E-state index contributed by atoms with van der Waals surface area (Å²) in [4.78, 5) is 12.1. The zero-order valence-electron chi connectivity index (χ0n) is 14.2. The lowest BCUT2D eigenvalue weighted by Gasteiger charge is -2.13. The summed E-state index contributed by atoms with van der Waals surface area (Å²) in [6.45, 7) is 4.85. The van der Waals surface area contributed by atoms with Gasteiger partial charge in [0.1, 0.15) is 11.3 Å². The van der Waals surface area contributed by atoms with Gasteiger partial charge in [0, 0.05) is 17.0 Å². The highest BCUT2D eigenvalue weighted by Crippen LogP contribution is 2.33. The van der Waals surface area contributed by atoms with Gasteiger partial charge in [0.15, 0.2) is 0 Å². The van der Waals surface area contributed by atoms with Crippen LogP contribution in [0.3, 0.4) is 0 Å². The van der Waals surface area contributed by atoms with Crippen molar-refractivity contribution in [1.29, 1.82) is 0 Å². The van der Waals surface area contributed by atoms with Crippen molar-refractivity contribution in [2.75, 3.05) is 6.61 Å². The van der Waals surface area contributed by atoms with E-state index in [1.54, 1.807) is 0 Å². The molecule has 124 valence electrons. The van der Waals surface area contributed by atoms with Gasteiger partial charge in [-0.1, -0.05) is 26.2 Å². The quantitative estimate of drug-likeness (QED) is 0.544. The van der Waals surface area contributed by atoms with Gasteiger partial charge in [0.05, 0.1) is 6.61 Å². The van der Waals surface area contributed by atoms with Crippen molar-refractivity contribution in [3.05, 3.63) is 39.2 Å². The molecular formula is C20H26O3. The molecule has 3 heteroatoms. The Labute approximate surface area is 137 Å². The molecule has 0 bridgehead atoms. The molecule has 0 spiro atoms. The Balaban J connectivity index is 2.01. The summed E-state index contributed by atoms with van der Waals surface area (Å²) in [7, 11) is 0. The molecule has 0 fully saturated rings. The molecule has 1 aliphatic carbocycles.